The van der Waals surface area contributed by atoms with Crippen LogP contribution in [-0.4, -0.2) is 25.2 Å². The lowest BCUT2D eigenvalue weighted by molar-refractivity contribution is -0.128. The number of nitrogens with one attached hydrogen (secondary N) is 1. The van der Waals surface area contributed by atoms with Gasteiger partial charge >= 0.3 is 0 Å². The van der Waals surface area contributed by atoms with Crippen molar-refractivity contribution in [2.45, 2.75) is 26.4 Å². The fourth-order valence-electron chi connectivity index (χ4n) is 2.94. The highest BCUT2D eigenvalue weighted by Crippen LogP contribution is 2.26. The lowest BCUT2D eigenvalue weighted by Crippen LogP contribution is -2.39. The minimum Gasteiger partial charge on any atom is -0.492 e. The molecule has 1 amide bonds. The summed E-state index contributed by atoms with van der Waals surface area (Å²) in [6.07, 6.45) is 0.0584. The highest BCUT2D eigenvalue weighted by atomic mass is 16.5. The van der Waals surface area contributed by atoms with Crippen LogP contribution in [0, 0.1) is 6.92 Å². The van der Waals surface area contributed by atoms with Gasteiger partial charge in [-0.3, -0.25) is 4.79 Å². The van der Waals surface area contributed by atoms with Gasteiger partial charge in [-0.15, -0.1) is 0 Å². The van der Waals surface area contributed by atoms with Crippen LogP contribution in [0.2, 0.25) is 0 Å². The molecule has 1 N–H and O–H groups in total. The quantitative estimate of drug-likeness (QED) is 0.600. The summed E-state index contributed by atoms with van der Waals surface area (Å²) in [7, 11) is 0. The number of amides is 1. The maximum absolute atomic E-state index is 12.5. The van der Waals surface area contributed by atoms with Crippen LogP contribution in [-0.2, 0) is 4.79 Å². The molecule has 4 heteroatoms. The molecular weight excluding hydrogens is 338 g/mol. The number of aryl methyl sites for hydroxylation is 1. The maximum atomic E-state index is 12.5. The first-order chi connectivity index (χ1) is 13.2. The Labute approximate surface area is 160 Å². The van der Waals surface area contributed by atoms with Crippen molar-refractivity contribution in [3.05, 3.63) is 72.3 Å². The van der Waals surface area contributed by atoms with Crippen LogP contribution in [0.1, 0.15) is 18.9 Å². The average molecular weight is 363 g/mol. The van der Waals surface area contributed by atoms with Crippen molar-refractivity contribution in [2.75, 3.05) is 13.2 Å². The lowest BCUT2D eigenvalue weighted by Gasteiger charge is -2.18. The van der Waals surface area contributed by atoms with E-state index in [2.05, 4.69) is 5.32 Å². The van der Waals surface area contributed by atoms with Gasteiger partial charge in [0.05, 0.1) is 6.54 Å². The van der Waals surface area contributed by atoms with Crippen LogP contribution in [0.25, 0.3) is 10.8 Å². The number of carbonyl (C=O) groups is 1. The molecule has 0 spiro atoms. The first kappa shape index (κ1) is 18.8. The van der Waals surface area contributed by atoms with Gasteiger partial charge in [0.1, 0.15) is 18.1 Å². The molecule has 0 saturated carbocycles. The number of benzene rings is 3. The zero-order valence-electron chi connectivity index (χ0n) is 15.8. The number of carbonyl (C=O) groups excluding carboxylic acids is 1. The predicted octanol–water partition coefficient (Wildman–Crippen LogP) is 4.50. The number of hydrogen-bond acceptors (Lipinski definition) is 3. The van der Waals surface area contributed by atoms with Gasteiger partial charge in [-0.25, -0.2) is 0 Å². The normalized spacial score (nSPS) is 11.8. The van der Waals surface area contributed by atoms with E-state index in [0.29, 0.717) is 19.6 Å². The molecule has 0 aromatic heterocycles. The van der Waals surface area contributed by atoms with E-state index in [9.17, 15) is 4.79 Å². The summed E-state index contributed by atoms with van der Waals surface area (Å²) in [5.41, 5.74) is 1.14. The molecule has 140 valence electrons. The van der Waals surface area contributed by atoms with Gasteiger partial charge < -0.3 is 14.8 Å². The van der Waals surface area contributed by atoms with Crippen molar-refractivity contribution in [3.8, 4) is 11.5 Å². The molecule has 0 saturated heterocycles. The topological polar surface area (TPSA) is 47.6 Å². The van der Waals surface area contributed by atoms with Crippen LogP contribution in [0.15, 0.2) is 66.7 Å². The summed E-state index contributed by atoms with van der Waals surface area (Å²) in [5.74, 6) is 1.41. The number of rotatable bonds is 8. The Balaban J connectivity index is 1.54. The Morgan fingerprint density at radius 1 is 1.04 bits per heavy atom. The molecular formula is C23H25NO3. The van der Waals surface area contributed by atoms with E-state index in [4.69, 9.17) is 9.47 Å². The van der Waals surface area contributed by atoms with Crippen molar-refractivity contribution in [2.24, 2.45) is 0 Å². The smallest absolute Gasteiger partial charge is 0.261 e. The highest BCUT2D eigenvalue weighted by molar-refractivity contribution is 5.89. The lowest BCUT2D eigenvalue weighted by atomic mass is 10.1. The second-order valence-electron chi connectivity index (χ2n) is 6.45. The average Bonchev–Trinajstić information content (AvgIpc) is 2.69. The standard InChI is InChI=1S/C23H25NO3/c1-3-21(27-22-13-7-10-18-9-4-5-12-20(18)22)23(25)24-14-15-26-19-11-6-8-17(2)16-19/h4-13,16,21H,3,14-15H2,1-2H3,(H,24,25)/t21-/m0/s1. The van der Waals surface area contributed by atoms with Crippen molar-refractivity contribution in [1.29, 1.82) is 0 Å². The third kappa shape index (κ3) is 5.00. The van der Waals surface area contributed by atoms with E-state index in [1.165, 1.54) is 0 Å². The fraction of sp³-hybridized carbons (Fsp3) is 0.261. The molecule has 0 unspecified atom stereocenters. The molecule has 0 aliphatic heterocycles. The van der Waals surface area contributed by atoms with E-state index in [-0.39, 0.29) is 5.91 Å². The van der Waals surface area contributed by atoms with Crippen LogP contribution < -0.4 is 14.8 Å². The van der Waals surface area contributed by atoms with Gasteiger partial charge in [-0.2, -0.15) is 0 Å². The Morgan fingerprint density at radius 2 is 1.81 bits per heavy atom. The first-order valence-corrected chi connectivity index (χ1v) is 9.29. The van der Waals surface area contributed by atoms with E-state index in [1.54, 1.807) is 0 Å². The van der Waals surface area contributed by atoms with Crippen molar-refractivity contribution in [3.63, 3.8) is 0 Å². The zero-order chi connectivity index (χ0) is 19.1. The molecule has 0 fully saturated rings. The molecule has 0 heterocycles. The van der Waals surface area contributed by atoms with E-state index in [1.807, 2.05) is 80.6 Å². The van der Waals surface area contributed by atoms with Crippen molar-refractivity contribution >= 4 is 16.7 Å². The molecule has 27 heavy (non-hydrogen) atoms. The molecule has 0 aliphatic carbocycles. The van der Waals surface area contributed by atoms with Crippen LogP contribution >= 0.6 is 0 Å². The summed E-state index contributed by atoms with van der Waals surface area (Å²) in [6.45, 7) is 4.81. The Bertz CT molecular complexity index is 902. The molecule has 4 nitrogen and oxygen atoms in total. The van der Waals surface area contributed by atoms with E-state index < -0.39 is 6.10 Å². The first-order valence-electron chi connectivity index (χ1n) is 9.29. The largest absolute Gasteiger partial charge is 0.492 e. The van der Waals surface area contributed by atoms with Gasteiger partial charge in [0.25, 0.3) is 5.91 Å². The Hall–Kier alpha value is -3.01. The summed E-state index contributed by atoms with van der Waals surface area (Å²) < 4.78 is 11.7. The van der Waals surface area contributed by atoms with Gasteiger partial charge in [0.2, 0.25) is 0 Å². The summed E-state index contributed by atoms with van der Waals surface area (Å²) in [5, 5.41) is 5.00. The minimum atomic E-state index is -0.533. The summed E-state index contributed by atoms with van der Waals surface area (Å²) in [4.78, 5) is 12.5. The molecule has 0 radical (unpaired) electrons. The number of ether oxygens (including phenoxy) is 2. The predicted molar refractivity (Wildman–Crippen MR) is 108 cm³/mol. The monoisotopic (exact) mass is 363 g/mol. The Kier molecular flexibility index (Phi) is 6.31. The minimum absolute atomic E-state index is 0.127. The summed E-state index contributed by atoms with van der Waals surface area (Å²) in [6, 6.07) is 21.7. The fourth-order valence-corrected chi connectivity index (χ4v) is 2.94. The third-order valence-corrected chi connectivity index (χ3v) is 4.34. The zero-order valence-corrected chi connectivity index (χ0v) is 15.8. The molecule has 0 bridgehead atoms. The molecule has 3 rings (SSSR count). The number of fused-ring (bicyclic) bond motifs is 1. The SMILES string of the molecule is CC[C@H](Oc1cccc2ccccc12)C(=O)NCCOc1cccc(C)c1. The van der Waals surface area contributed by atoms with Crippen LogP contribution in [0.3, 0.4) is 0 Å². The van der Waals surface area contributed by atoms with Crippen molar-refractivity contribution in [1.82, 2.24) is 5.32 Å². The number of hydrogen-bond donors (Lipinski definition) is 1. The Morgan fingerprint density at radius 3 is 2.63 bits per heavy atom. The van der Waals surface area contributed by atoms with Gasteiger partial charge in [0.15, 0.2) is 6.10 Å². The maximum Gasteiger partial charge on any atom is 0.261 e. The van der Waals surface area contributed by atoms with Gasteiger partial charge in [-0.1, -0.05) is 55.5 Å². The van der Waals surface area contributed by atoms with E-state index >= 15 is 0 Å². The van der Waals surface area contributed by atoms with Crippen LogP contribution in [0.4, 0.5) is 0 Å². The van der Waals surface area contributed by atoms with Crippen molar-refractivity contribution < 1.29 is 14.3 Å². The van der Waals surface area contributed by atoms with Gasteiger partial charge in [-0.05, 0) is 42.5 Å². The second-order valence-corrected chi connectivity index (χ2v) is 6.45. The van der Waals surface area contributed by atoms with E-state index in [0.717, 1.165) is 27.8 Å². The highest BCUT2D eigenvalue weighted by Gasteiger charge is 2.18. The summed E-state index contributed by atoms with van der Waals surface area (Å²) >= 11 is 0. The molecule has 3 aromatic carbocycles. The third-order valence-electron chi connectivity index (χ3n) is 4.34. The molecule has 3 aromatic rings. The molecule has 1 atom stereocenters. The molecule has 0 aliphatic rings. The van der Waals surface area contributed by atoms with Crippen LogP contribution in [0.5, 0.6) is 11.5 Å². The van der Waals surface area contributed by atoms with Gasteiger partial charge in [0, 0.05) is 5.39 Å². The second kappa shape index (κ2) is 9.08.